The minimum Gasteiger partial charge on any atom is -0.359 e. The number of nitrogens with zero attached hydrogens (tertiary/aromatic N) is 4. The summed E-state index contributed by atoms with van der Waals surface area (Å²) in [5.41, 5.74) is 3.93. The first-order valence-corrected chi connectivity index (χ1v) is 9.01. The van der Waals surface area contributed by atoms with Gasteiger partial charge in [-0.15, -0.1) is 5.10 Å². The van der Waals surface area contributed by atoms with Crippen LogP contribution < -0.4 is 5.32 Å². The molecule has 7 nitrogen and oxygen atoms in total. The average Bonchev–Trinajstić information content (AvgIpc) is 3.15. The third-order valence-electron chi connectivity index (χ3n) is 4.07. The Labute approximate surface area is 156 Å². The van der Waals surface area contributed by atoms with Crippen LogP contribution in [0.3, 0.4) is 0 Å². The van der Waals surface area contributed by atoms with E-state index in [1.54, 1.807) is 19.9 Å². The van der Waals surface area contributed by atoms with Crippen LogP contribution >= 0.6 is 11.5 Å². The second kappa shape index (κ2) is 7.76. The summed E-state index contributed by atoms with van der Waals surface area (Å²) >= 11 is 1.42. The van der Waals surface area contributed by atoms with Crippen LogP contribution in [0.4, 0.5) is 5.69 Å². The summed E-state index contributed by atoms with van der Waals surface area (Å²) in [6, 6.07) is 7.61. The normalized spacial score (nSPS) is 11.1. The number of benzene rings is 1. The SMILES string of the molecule is Cc1nnsc1CN(C)Cc1cccc(C(=O)Nc2c(C)noc2C)c1. The number of carbonyl (C=O) groups is 1. The Morgan fingerprint density at radius 3 is 2.69 bits per heavy atom. The third-order valence-corrected chi connectivity index (χ3v) is 4.88. The van der Waals surface area contributed by atoms with Crippen molar-refractivity contribution in [2.45, 2.75) is 33.9 Å². The van der Waals surface area contributed by atoms with E-state index in [-0.39, 0.29) is 5.91 Å². The molecule has 1 aromatic carbocycles. The zero-order chi connectivity index (χ0) is 18.7. The first kappa shape index (κ1) is 18.2. The molecule has 0 saturated carbocycles. The Hall–Kier alpha value is -2.58. The van der Waals surface area contributed by atoms with Crippen LogP contribution in [0, 0.1) is 20.8 Å². The molecule has 136 valence electrons. The molecule has 3 rings (SSSR count). The van der Waals surface area contributed by atoms with Crippen LogP contribution in [0.2, 0.25) is 0 Å². The van der Waals surface area contributed by atoms with Gasteiger partial charge in [0.25, 0.3) is 5.91 Å². The number of aryl methyl sites for hydroxylation is 3. The van der Waals surface area contributed by atoms with Gasteiger partial charge < -0.3 is 9.84 Å². The van der Waals surface area contributed by atoms with E-state index < -0.39 is 0 Å². The van der Waals surface area contributed by atoms with Crippen LogP contribution in [0.1, 0.15) is 37.9 Å². The second-order valence-electron chi connectivity index (χ2n) is 6.31. The highest BCUT2D eigenvalue weighted by atomic mass is 32.1. The van der Waals surface area contributed by atoms with Crippen LogP contribution in [-0.4, -0.2) is 32.6 Å². The molecule has 0 aliphatic rings. The van der Waals surface area contributed by atoms with Crippen molar-refractivity contribution in [2.24, 2.45) is 0 Å². The van der Waals surface area contributed by atoms with Crippen LogP contribution in [0.15, 0.2) is 28.8 Å². The summed E-state index contributed by atoms with van der Waals surface area (Å²) in [4.78, 5) is 15.9. The van der Waals surface area contributed by atoms with Gasteiger partial charge in [-0.25, -0.2) is 0 Å². The lowest BCUT2D eigenvalue weighted by Crippen LogP contribution is -2.18. The van der Waals surface area contributed by atoms with Crippen LogP contribution in [-0.2, 0) is 13.1 Å². The Morgan fingerprint density at radius 1 is 1.23 bits per heavy atom. The van der Waals surface area contributed by atoms with Crippen molar-refractivity contribution in [1.29, 1.82) is 0 Å². The fraction of sp³-hybridized carbons (Fsp3) is 0.333. The largest absolute Gasteiger partial charge is 0.359 e. The maximum absolute atomic E-state index is 12.5. The average molecular weight is 371 g/mol. The quantitative estimate of drug-likeness (QED) is 0.715. The van der Waals surface area contributed by atoms with E-state index in [1.165, 1.54) is 11.5 Å². The minimum absolute atomic E-state index is 0.175. The molecule has 2 aromatic heterocycles. The van der Waals surface area contributed by atoms with Gasteiger partial charge in [-0.2, -0.15) is 0 Å². The third kappa shape index (κ3) is 4.14. The number of rotatable bonds is 6. The number of anilines is 1. The van der Waals surface area contributed by atoms with Crippen molar-refractivity contribution in [1.82, 2.24) is 19.6 Å². The molecule has 1 N–H and O–H groups in total. The number of nitrogens with one attached hydrogen (secondary N) is 1. The molecule has 0 aliphatic heterocycles. The highest BCUT2D eigenvalue weighted by Gasteiger charge is 2.14. The van der Waals surface area contributed by atoms with Gasteiger partial charge >= 0.3 is 0 Å². The van der Waals surface area contributed by atoms with Gasteiger partial charge in [-0.05, 0) is 57.0 Å². The predicted molar refractivity (Wildman–Crippen MR) is 100 cm³/mol. The van der Waals surface area contributed by atoms with Gasteiger partial charge in [-0.3, -0.25) is 9.69 Å². The Kier molecular flexibility index (Phi) is 5.43. The fourth-order valence-corrected chi connectivity index (χ4v) is 3.38. The lowest BCUT2D eigenvalue weighted by atomic mass is 10.1. The van der Waals surface area contributed by atoms with E-state index in [0.717, 1.165) is 29.2 Å². The Balaban J connectivity index is 1.67. The molecule has 0 radical (unpaired) electrons. The van der Waals surface area contributed by atoms with Crippen molar-refractivity contribution in [3.8, 4) is 0 Å². The smallest absolute Gasteiger partial charge is 0.255 e. The predicted octanol–water partition coefficient (Wildman–Crippen LogP) is 3.34. The summed E-state index contributed by atoms with van der Waals surface area (Å²) in [5, 5.41) is 10.8. The molecule has 0 bridgehead atoms. The molecule has 0 fully saturated rings. The first-order valence-electron chi connectivity index (χ1n) is 8.23. The molecule has 3 aromatic rings. The van der Waals surface area contributed by atoms with E-state index >= 15 is 0 Å². The van der Waals surface area contributed by atoms with Gasteiger partial charge in [0.1, 0.15) is 11.4 Å². The maximum Gasteiger partial charge on any atom is 0.255 e. The van der Waals surface area contributed by atoms with E-state index in [4.69, 9.17) is 4.52 Å². The lowest BCUT2D eigenvalue weighted by Gasteiger charge is -2.16. The molecular weight excluding hydrogens is 350 g/mol. The van der Waals surface area contributed by atoms with Gasteiger partial charge in [0, 0.05) is 18.7 Å². The molecule has 2 heterocycles. The number of carbonyl (C=O) groups excluding carboxylic acids is 1. The van der Waals surface area contributed by atoms with Crippen LogP contribution in [0.5, 0.6) is 0 Å². The highest BCUT2D eigenvalue weighted by molar-refractivity contribution is 7.05. The second-order valence-corrected chi connectivity index (χ2v) is 7.15. The van der Waals surface area contributed by atoms with Crippen molar-refractivity contribution in [3.63, 3.8) is 0 Å². The molecule has 0 atom stereocenters. The summed E-state index contributed by atoms with van der Waals surface area (Å²) in [6.07, 6.45) is 0. The Bertz CT molecular complexity index is 898. The summed E-state index contributed by atoms with van der Waals surface area (Å²) < 4.78 is 9.06. The number of amides is 1. The van der Waals surface area contributed by atoms with E-state index in [0.29, 0.717) is 22.7 Å². The number of aromatic nitrogens is 3. The highest BCUT2D eigenvalue weighted by Crippen LogP contribution is 2.20. The van der Waals surface area contributed by atoms with Crippen molar-refractivity contribution in [2.75, 3.05) is 12.4 Å². The molecule has 1 amide bonds. The first-order chi connectivity index (χ1) is 12.4. The molecule has 8 heteroatoms. The zero-order valence-corrected chi connectivity index (χ0v) is 16.1. The maximum atomic E-state index is 12.5. The molecule has 0 spiro atoms. The van der Waals surface area contributed by atoms with Crippen molar-refractivity contribution < 1.29 is 9.32 Å². The van der Waals surface area contributed by atoms with Gasteiger partial charge in [0.05, 0.1) is 10.6 Å². The summed E-state index contributed by atoms with van der Waals surface area (Å²) in [6.45, 7) is 7.04. The lowest BCUT2D eigenvalue weighted by molar-refractivity contribution is 0.102. The molecule has 26 heavy (non-hydrogen) atoms. The molecular formula is C18H21N5O2S. The van der Waals surface area contributed by atoms with Crippen molar-refractivity contribution >= 4 is 23.1 Å². The van der Waals surface area contributed by atoms with Crippen molar-refractivity contribution in [3.05, 3.63) is 57.4 Å². The number of hydrogen-bond acceptors (Lipinski definition) is 7. The molecule has 0 unspecified atom stereocenters. The summed E-state index contributed by atoms with van der Waals surface area (Å²) in [7, 11) is 2.04. The zero-order valence-electron chi connectivity index (χ0n) is 15.2. The van der Waals surface area contributed by atoms with Crippen LogP contribution in [0.25, 0.3) is 0 Å². The molecule has 0 aliphatic carbocycles. The standard InChI is InChI=1S/C18H21N5O2S/c1-11-16(26-22-20-11)10-23(4)9-14-6-5-7-15(8-14)18(24)19-17-12(2)21-25-13(17)3/h5-8H,9-10H2,1-4H3,(H,19,24). The summed E-state index contributed by atoms with van der Waals surface area (Å²) in [5.74, 6) is 0.423. The minimum atomic E-state index is -0.175. The number of hydrogen-bond donors (Lipinski definition) is 1. The fourth-order valence-electron chi connectivity index (χ4n) is 2.67. The monoisotopic (exact) mass is 371 g/mol. The van der Waals surface area contributed by atoms with E-state index in [2.05, 4.69) is 25.0 Å². The van der Waals surface area contributed by atoms with Gasteiger partial charge in [0.15, 0.2) is 5.76 Å². The molecule has 0 saturated heterocycles. The topological polar surface area (TPSA) is 84.2 Å². The van der Waals surface area contributed by atoms with E-state index in [1.807, 2.05) is 32.2 Å². The van der Waals surface area contributed by atoms with Gasteiger partial charge in [-0.1, -0.05) is 21.8 Å². The van der Waals surface area contributed by atoms with Gasteiger partial charge in [0.2, 0.25) is 0 Å². The van der Waals surface area contributed by atoms with E-state index in [9.17, 15) is 4.79 Å². The Morgan fingerprint density at radius 2 is 2.04 bits per heavy atom.